The second-order valence-electron chi connectivity index (χ2n) is 7.85. The lowest BCUT2D eigenvalue weighted by molar-refractivity contribution is 0.0161. The number of ether oxygens (including phenoxy) is 1. The summed E-state index contributed by atoms with van der Waals surface area (Å²) in [5.41, 5.74) is 2.15. The standard InChI is InChI=1S/C24H29N3O4/c1-31-21-9-5-3-7-18(21)22(27-12-10-26(11-13-27)14-15-28)24(30)23(29)19-16-25-20-8-4-2-6-17(19)20/h2-9,16,22,24-25,28,30H,10-15H2,1H3/t22-,24+/m1/s1. The van der Waals surface area contributed by atoms with Crippen LogP contribution in [0.25, 0.3) is 10.9 Å². The van der Waals surface area contributed by atoms with E-state index in [1.165, 1.54) is 0 Å². The summed E-state index contributed by atoms with van der Waals surface area (Å²) in [6.45, 7) is 3.64. The number of para-hydroxylation sites is 2. The van der Waals surface area contributed by atoms with E-state index < -0.39 is 12.1 Å². The Morgan fingerprint density at radius 2 is 1.81 bits per heavy atom. The van der Waals surface area contributed by atoms with Gasteiger partial charge in [-0.25, -0.2) is 0 Å². The van der Waals surface area contributed by atoms with Crippen LogP contribution < -0.4 is 4.74 Å². The zero-order valence-electron chi connectivity index (χ0n) is 17.7. The highest BCUT2D eigenvalue weighted by Crippen LogP contribution is 2.34. The van der Waals surface area contributed by atoms with Crippen LogP contribution >= 0.6 is 0 Å². The smallest absolute Gasteiger partial charge is 0.195 e. The van der Waals surface area contributed by atoms with E-state index in [0.717, 1.165) is 29.6 Å². The molecule has 0 aliphatic carbocycles. The molecule has 0 saturated carbocycles. The summed E-state index contributed by atoms with van der Waals surface area (Å²) < 4.78 is 5.57. The van der Waals surface area contributed by atoms with Crippen molar-refractivity contribution in [2.24, 2.45) is 0 Å². The van der Waals surface area contributed by atoms with E-state index in [1.807, 2.05) is 48.5 Å². The number of aliphatic hydroxyl groups excluding tert-OH is 2. The predicted octanol–water partition coefficient (Wildman–Crippen LogP) is 2.07. The molecule has 164 valence electrons. The van der Waals surface area contributed by atoms with Gasteiger partial charge in [0.2, 0.25) is 0 Å². The number of methoxy groups -OCH3 is 1. The summed E-state index contributed by atoms with van der Waals surface area (Å²) in [6, 6.07) is 14.6. The number of hydrogen-bond acceptors (Lipinski definition) is 6. The van der Waals surface area contributed by atoms with Gasteiger partial charge in [0, 0.05) is 61.0 Å². The van der Waals surface area contributed by atoms with Gasteiger partial charge in [-0.15, -0.1) is 0 Å². The molecule has 3 N–H and O–H groups in total. The van der Waals surface area contributed by atoms with Gasteiger partial charge in [0.1, 0.15) is 11.9 Å². The highest BCUT2D eigenvalue weighted by molar-refractivity contribution is 6.10. The Balaban J connectivity index is 1.67. The van der Waals surface area contributed by atoms with Crippen LogP contribution in [0.3, 0.4) is 0 Å². The fraction of sp³-hybridized carbons (Fsp3) is 0.375. The molecule has 1 aliphatic rings. The highest BCUT2D eigenvalue weighted by atomic mass is 16.5. The van der Waals surface area contributed by atoms with Gasteiger partial charge in [0.25, 0.3) is 0 Å². The van der Waals surface area contributed by atoms with Crippen molar-refractivity contribution in [2.45, 2.75) is 12.1 Å². The van der Waals surface area contributed by atoms with Gasteiger partial charge < -0.3 is 19.9 Å². The third-order valence-corrected chi connectivity index (χ3v) is 6.10. The first-order valence-corrected chi connectivity index (χ1v) is 10.6. The van der Waals surface area contributed by atoms with E-state index in [4.69, 9.17) is 4.74 Å². The number of ketones is 1. The van der Waals surface area contributed by atoms with Crippen LogP contribution in [0.15, 0.2) is 54.7 Å². The van der Waals surface area contributed by atoms with Gasteiger partial charge in [-0.05, 0) is 12.1 Å². The molecule has 0 radical (unpaired) electrons. The average Bonchev–Trinajstić information content (AvgIpc) is 3.24. The molecule has 2 atom stereocenters. The van der Waals surface area contributed by atoms with Gasteiger partial charge in [-0.1, -0.05) is 36.4 Å². The number of aromatic amines is 1. The number of piperazine rings is 1. The fourth-order valence-corrected chi connectivity index (χ4v) is 4.46. The number of aromatic nitrogens is 1. The Hall–Kier alpha value is -2.71. The van der Waals surface area contributed by atoms with Crippen LogP contribution in [-0.4, -0.2) is 83.3 Å². The zero-order valence-corrected chi connectivity index (χ0v) is 17.7. The number of β-amino-alcohol motifs (C(OH)–C–C–N with tert-alkyl or cyclic N) is 1. The van der Waals surface area contributed by atoms with Crippen molar-refractivity contribution in [3.05, 3.63) is 65.9 Å². The minimum absolute atomic E-state index is 0.123. The molecule has 2 aromatic carbocycles. The molecule has 1 fully saturated rings. The molecule has 0 unspecified atom stereocenters. The number of benzene rings is 2. The Morgan fingerprint density at radius 1 is 1.10 bits per heavy atom. The molecule has 1 saturated heterocycles. The number of aliphatic hydroxyl groups is 2. The van der Waals surface area contributed by atoms with Gasteiger partial charge in [-0.3, -0.25) is 14.6 Å². The molecule has 31 heavy (non-hydrogen) atoms. The Kier molecular flexibility index (Phi) is 6.67. The summed E-state index contributed by atoms with van der Waals surface area (Å²) in [7, 11) is 1.60. The first-order valence-electron chi connectivity index (χ1n) is 10.6. The summed E-state index contributed by atoms with van der Waals surface area (Å²) >= 11 is 0. The largest absolute Gasteiger partial charge is 0.496 e. The number of hydrogen-bond donors (Lipinski definition) is 3. The molecule has 4 rings (SSSR count). The number of carbonyl (C=O) groups is 1. The minimum atomic E-state index is -1.25. The molecule has 7 nitrogen and oxygen atoms in total. The second kappa shape index (κ2) is 9.62. The van der Waals surface area contributed by atoms with Crippen LogP contribution in [0.1, 0.15) is 22.0 Å². The third kappa shape index (κ3) is 4.36. The number of Topliss-reactive ketones (excluding diaryl/α,β-unsaturated/α-hetero) is 1. The van der Waals surface area contributed by atoms with E-state index in [1.54, 1.807) is 13.3 Å². The van der Waals surface area contributed by atoms with Crippen molar-refractivity contribution < 1.29 is 19.7 Å². The van der Waals surface area contributed by atoms with Crippen molar-refractivity contribution in [2.75, 3.05) is 46.4 Å². The zero-order chi connectivity index (χ0) is 21.8. The molecule has 1 aromatic heterocycles. The predicted molar refractivity (Wildman–Crippen MR) is 119 cm³/mol. The Labute approximate surface area is 181 Å². The van der Waals surface area contributed by atoms with Crippen molar-refractivity contribution in [1.82, 2.24) is 14.8 Å². The van der Waals surface area contributed by atoms with Crippen molar-refractivity contribution >= 4 is 16.7 Å². The molecule has 2 heterocycles. The summed E-state index contributed by atoms with van der Waals surface area (Å²) in [4.78, 5) is 20.9. The van der Waals surface area contributed by atoms with Crippen molar-refractivity contribution in [1.29, 1.82) is 0 Å². The SMILES string of the molecule is COc1ccccc1[C@H]([C@H](O)C(=O)c1c[nH]c2ccccc12)N1CCN(CCO)CC1. The van der Waals surface area contributed by atoms with Crippen LogP contribution in [0.2, 0.25) is 0 Å². The van der Waals surface area contributed by atoms with Gasteiger partial charge in [0.05, 0.1) is 19.8 Å². The van der Waals surface area contributed by atoms with Crippen LogP contribution in [0.4, 0.5) is 0 Å². The lowest BCUT2D eigenvalue weighted by Crippen LogP contribution is -2.51. The monoisotopic (exact) mass is 423 g/mol. The minimum Gasteiger partial charge on any atom is -0.496 e. The van der Waals surface area contributed by atoms with E-state index in [9.17, 15) is 15.0 Å². The number of rotatable bonds is 8. The van der Waals surface area contributed by atoms with Gasteiger partial charge >= 0.3 is 0 Å². The van der Waals surface area contributed by atoms with Crippen LogP contribution in [0, 0.1) is 0 Å². The second-order valence-corrected chi connectivity index (χ2v) is 7.85. The molecule has 1 aliphatic heterocycles. The highest BCUT2D eigenvalue weighted by Gasteiger charge is 2.37. The average molecular weight is 424 g/mol. The number of nitrogens with one attached hydrogen (secondary N) is 1. The van der Waals surface area contributed by atoms with Crippen molar-refractivity contribution in [3.63, 3.8) is 0 Å². The van der Waals surface area contributed by atoms with Gasteiger partial charge in [-0.2, -0.15) is 0 Å². The maximum atomic E-state index is 13.5. The van der Waals surface area contributed by atoms with E-state index in [2.05, 4.69) is 14.8 Å². The number of fused-ring (bicyclic) bond motifs is 1. The fourth-order valence-electron chi connectivity index (χ4n) is 4.46. The lowest BCUT2D eigenvalue weighted by atomic mass is 9.92. The Bertz CT molecular complexity index is 1030. The lowest BCUT2D eigenvalue weighted by Gasteiger charge is -2.41. The third-order valence-electron chi connectivity index (χ3n) is 6.10. The molecule has 0 bridgehead atoms. The first kappa shape index (κ1) is 21.5. The van der Waals surface area contributed by atoms with Gasteiger partial charge in [0.15, 0.2) is 5.78 Å². The van der Waals surface area contributed by atoms with E-state index in [-0.39, 0.29) is 12.4 Å². The molecule has 0 spiro atoms. The van der Waals surface area contributed by atoms with Crippen LogP contribution in [0.5, 0.6) is 5.75 Å². The maximum Gasteiger partial charge on any atom is 0.195 e. The first-order chi connectivity index (χ1) is 15.1. The molecular weight excluding hydrogens is 394 g/mol. The normalized spacial score (nSPS) is 17.5. The van der Waals surface area contributed by atoms with E-state index in [0.29, 0.717) is 30.9 Å². The number of nitrogens with zero attached hydrogens (tertiary/aromatic N) is 2. The van der Waals surface area contributed by atoms with Crippen LogP contribution in [-0.2, 0) is 0 Å². The van der Waals surface area contributed by atoms with Crippen molar-refractivity contribution in [3.8, 4) is 5.75 Å². The number of carbonyl (C=O) groups excluding carboxylic acids is 1. The molecule has 3 aromatic rings. The summed E-state index contributed by atoms with van der Waals surface area (Å²) in [6.07, 6.45) is 0.425. The molecule has 0 amide bonds. The quantitative estimate of drug-likeness (QED) is 0.481. The maximum absolute atomic E-state index is 13.5. The summed E-state index contributed by atoms with van der Waals surface area (Å²) in [5.74, 6) is 0.335. The summed E-state index contributed by atoms with van der Waals surface area (Å²) in [5, 5.41) is 21.4. The molecular formula is C24H29N3O4. The molecule has 7 heteroatoms. The van der Waals surface area contributed by atoms with E-state index >= 15 is 0 Å². The Morgan fingerprint density at radius 3 is 2.55 bits per heavy atom. The number of H-pyrrole nitrogens is 1. The topological polar surface area (TPSA) is 89.0 Å².